The summed E-state index contributed by atoms with van der Waals surface area (Å²) in [6, 6.07) is 6.48. The minimum atomic E-state index is -3.74. The predicted molar refractivity (Wildman–Crippen MR) is 69.0 cm³/mol. The molecule has 0 saturated carbocycles. The fraction of sp³-hybridized carbons (Fsp3) is 0.182. The molecule has 2 rings (SSSR count). The topological polar surface area (TPSA) is 90.0 Å². The quantitative estimate of drug-likeness (QED) is 0.872. The lowest BCUT2D eigenvalue weighted by atomic mass is 10.3. The molecule has 1 aromatic heterocycles. The van der Waals surface area contributed by atoms with Gasteiger partial charge in [-0.1, -0.05) is 12.1 Å². The van der Waals surface area contributed by atoms with Gasteiger partial charge in [0.1, 0.15) is 4.90 Å². The van der Waals surface area contributed by atoms with Gasteiger partial charge in [0.2, 0.25) is 10.0 Å². The molecule has 0 bridgehead atoms. The maximum absolute atomic E-state index is 11.4. The van der Waals surface area contributed by atoms with E-state index in [0.717, 1.165) is 6.54 Å². The van der Waals surface area contributed by atoms with Gasteiger partial charge in [-0.2, -0.15) is 5.10 Å². The van der Waals surface area contributed by atoms with Crippen LogP contribution in [0.2, 0.25) is 0 Å². The van der Waals surface area contributed by atoms with Crippen LogP contribution in [-0.2, 0) is 16.6 Å². The van der Waals surface area contributed by atoms with Crippen LogP contribution in [0.15, 0.2) is 41.6 Å². The second-order valence-electron chi connectivity index (χ2n) is 3.75. The first-order valence-corrected chi connectivity index (χ1v) is 6.96. The zero-order valence-electron chi connectivity index (χ0n) is 9.87. The van der Waals surface area contributed by atoms with Gasteiger partial charge >= 0.3 is 0 Å². The third kappa shape index (κ3) is 2.69. The van der Waals surface area contributed by atoms with Gasteiger partial charge in [-0.3, -0.25) is 4.68 Å². The van der Waals surface area contributed by atoms with Crippen LogP contribution in [0.25, 0.3) is 0 Å². The molecule has 6 nitrogen and oxygen atoms in total. The molecule has 0 amide bonds. The van der Waals surface area contributed by atoms with Crippen LogP contribution in [0.3, 0.4) is 0 Å². The van der Waals surface area contributed by atoms with Gasteiger partial charge in [-0.15, -0.1) is 0 Å². The van der Waals surface area contributed by atoms with Crippen molar-refractivity contribution in [3.63, 3.8) is 0 Å². The fourth-order valence-electron chi connectivity index (χ4n) is 1.57. The summed E-state index contributed by atoms with van der Waals surface area (Å²) in [6.45, 7) is 2.72. The van der Waals surface area contributed by atoms with Crippen molar-refractivity contribution in [2.24, 2.45) is 5.14 Å². The molecule has 0 aliphatic heterocycles. The van der Waals surface area contributed by atoms with E-state index < -0.39 is 10.0 Å². The molecule has 0 aliphatic rings. The number of hydrogen-bond donors (Lipinski definition) is 2. The molecule has 7 heteroatoms. The second kappa shape index (κ2) is 4.79. The lowest BCUT2D eigenvalue weighted by Crippen LogP contribution is -2.13. The Morgan fingerprint density at radius 3 is 2.72 bits per heavy atom. The van der Waals surface area contributed by atoms with Crippen LogP contribution in [0.1, 0.15) is 6.92 Å². The number of aromatic nitrogens is 2. The van der Waals surface area contributed by atoms with Crippen molar-refractivity contribution in [1.82, 2.24) is 9.78 Å². The number of anilines is 2. The average Bonchev–Trinajstić information content (AvgIpc) is 2.76. The summed E-state index contributed by atoms with van der Waals surface area (Å²) in [5, 5.41) is 12.2. The normalized spacial score (nSPS) is 11.4. The van der Waals surface area contributed by atoms with Crippen molar-refractivity contribution < 1.29 is 8.42 Å². The number of nitrogens with one attached hydrogen (secondary N) is 1. The first-order chi connectivity index (χ1) is 8.50. The Morgan fingerprint density at radius 1 is 1.39 bits per heavy atom. The van der Waals surface area contributed by atoms with Crippen LogP contribution in [-0.4, -0.2) is 18.2 Å². The average molecular weight is 266 g/mol. The number of sulfonamides is 1. The van der Waals surface area contributed by atoms with E-state index >= 15 is 0 Å². The molecule has 0 saturated heterocycles. The Kier molecular flexibility index (Phi) is 3.35. The lowest BCUT2D eigenvalue weighted by Gasteiger charge is -2.08. The minimum absolute atomic E-state index is 0.0641. The van der Waals surface area contributed by atoms with Gasteiger partial charge in [0.05, 0.1) is 17.6 Å². The van der Waals surface area contributed by atoms with Gasteiger partial charge in [0.15, 0.2) is 0 Å². The number of aryl methyl sites for hydroxylation is 1. The van der Waals surface area contributed by atoms with Crippen molar-refractivity contribution >= 4 is 21.4 Å². The zero-order chi connectivity index (χ0) is 13.2. The van der Waals surface area contributed by atoms with Crippen molar-refractivity contribution in [2.45, 2.75) is 18.4 Å². The molecule has 1 aromatic carbocycles. The molecule has 0 atom stereocenters. The van der Waals surface area contributed by atoms with E-state index in [1.807, 2.05) is 6.92 Å². The molecule has 0 fully saturated rings. The van der Waals surface area contributed by atoms with Gasteiger partial charge in [-0.25, -0.2) is 13.6 Å². The summed E-state index contributed by atoms with van der Waals surface area (Å²) < 4.78 is 24.6. The van der Waals surface area contributed by atoms with E-state index in [0.29, 0.717) is 11.4 Å². The van der Waals surface area contributed by atoms with Crippen LogP contribution in [0.4, 0.5) is 11.4 Å². The SMILES string of the molecule is CCn1cc(Nc2ccccc2S(N)(=O)=O)cn1. The van der Waals surface area contributed by atoms with Crippen LogP contribution < -0.4 is 10.5 Å². The Hall–Kier alpha value is -1.86. The number of primary sulfonamides is 1. The monoisotopic (exact) mass is 266 g/mol. The zero-order valence-corrected chi connectivity index (χ0v) is 10.7. The summed E-state index contributed by atoms with van der Waals surface area (Å²) >= 11 is 0. The number of benzene rings is 1. The molecular weight excluding hydrogens is 252 g/mol. The number of nitrogens with two attached hydrogens (primary N) is 1. The Morgan fingerprint density at radius 2 is 2.11 bits per heavy atom. The maximum atomic E-state index is 11.4. The number of hydrogen-bond acceptors (Lipinski definition) is 4. The van der Waals surface area contributed by atoms with E-state index in [1.165, 1.54) is 6.07 Å². The first kappa shape index (κ1) is 12.6. The van der Waals surface area contributed by atoms with Crippen LogP contribution >= 0.6 is 0 Å². The van der Waals surface area contributed by atoms with Gasteiger partial charge in [0, 0.05) is 12.7 Å². The smallest absolute Gasteiger partial charge is 0.240 e. The summed E-state index contributed by atoms with van der Waals surface area (Å²) in [4.78, 5) is 0.0641. The fourth-order valence-corrected chi connectivity index (χ4v) is 2.27. The van der Waals surface area contributed by atoms with Crippen molar-refractivity contribution in [3.8, 4) is 0 Å². The maximum Gasteiger partial charge on any atom is 0.240 e. The number of rotatable bonds is 4. The van der Waals surface area contributed by atoms with Crippen LogP contribution in [0.5, 0.6) is 0 Å². The Bertz CT molecular complexity index is 649. The molecule has 2 aromatic rings. The number of nitrogens with zero attached hydrogens (tertiary/aromatic N) is 2. The molecule has 0 unspecified atom stereocenters. The van der Waals surface area contributed by atoms with Gasteiger partial charge in [0.25, 0.3) is 0 Å². The predicted octanol–water partition coefficient (Wildman–Crippen LogP) is 1.29. The standard InChI is InChI=1S/C11H14N4O2S/c1-2-15-8-9(7-13-15)14-10-5-3-4-6-11(10)18(12,16)17/h3-8,14H,2H2,1H3,(H2,12,16,17). The van der Waals surface area contributed by atoms with Gasteiger partial charge < -0.3 is 5.32 Å². The summed E-state index contributed by atoms with van der Waals surface area (Å²) in [7, 11) is -3.74. The Balaban J connectivity index is 2.35. The van der Waals surface area contributed by atoms with Crippen molar-refractivity contribution in [2.75, 3.05) is 5.32 Å². The van der Waals surface area contributed by atoms with E-state index in [1.54, 1.807) is 35.3 Å². The molecule has 1 heterocycles. The van der Waals surface area contributed by atoms with E-state index in [2.05, 4.69) is 10.4 Å². The molecule has 0 spiro atoms. The van der Waals surface area contributed by atoms with Crippen LogP contribution in [0, 0.1) is 0 Å². The molecule has 96 valence electrons. The molecule has 18 heavy (non-hydrogen) atoms. The summed E-state index contributed by atoms with van der Waals surface area (Å²) in [6.07, 6.45) is 3.42. The lowest BCUT2D eigenvalue weighted by molar-refractivity contribution is 0.598. The largest absolute Gasteiger partial charge is 0.352 e. The molecule has 0 radical (unpaired) electrons. The highest BCUT2D eigenvalue weighted by atomic mass is 32.2. The highest BCUT2D eigenvalue weighted by molar-refractivity contribution is 7.89. The highest BCUT2D eigenvalue weighted by Crippen LogP contribution is 2.23. The second-order valence-corrected chi connectivity index (χ2v) is 5.28. The summed E-state index contributed by atoms with van der Waals surface area (Å²) in [5.74, 6) is 0. The third-order valence-electron chi connectivity index (χ3n) is 2.43. The molecular formula is C11H14N4O2S. The first-order valence-electron chi connectivity index (χ1n) is 5.42. The van der Waals surface area contributed by atoms with Crippen molar-refractivity contribution in [1.29, 1.82) is 0 Å². The third-order valence-corrected chi connectivity index (χ3v) is 3.40. The molecule has 0 aliphatic carbocycles. The van der Waals surface area contributed by atoms with E-state index in [-0.39, 0.29) is 4.90 Å². The number of para-hydroxylation sites is 1. The van der Waals surface area contributed by atoms with Gasteiger partial charge in [-0.05, 0) is 19.1 Å². The Labute approximate surface area is 105 Å². The van der Waals surface area contributed by atoms with E-state index in [9.17, 15) is 8.42 Å². The highest BCUT2D eigenvalue weighted by Gasteiger charge is 2.13. The van der Waals surface area contributed by atoms with Crippen molar-refractivity contribution in [3.05, 3.63) is 36.7 Å². The molecule has 3 N–H and O–H groups in total. The van der Waals surface area contributed by atoms with E-state index in [4.69, 9.17) is 5.14 Å². The summed E-state index contributed by atoms with van der Waals surface area (Å²) in [5.41, 5.74) is 1.16. The minimum Gasteiger partial charge on any atom is -0.352 e.